The fourth-order valence-electron chi connectivity index (χ4n) is 1.30. The predicted octanol–water partition coefficient (Wildman–Crippen LogP) is -1.01. The van der Waals surface area contributed by atoms with E-state index in [9.17, 15) is 22.8 Å². The number of carbonyl (C=O) groups excluding carboxylic acids is 1. The normalized spacial score (nSPS) is 11.6. The number of hydrogen-bond donors (Lipinski definition) is 2. The van der Waals surface area contributed by atoms with Crippen molar-refractivity contribution in [1.82, 2.24) is 14.9 Å². The molecule has 1 aromatic rings. The standard InChI is InChI=1S/C9H12ClN3O5S/c1-5(2)11-7(14)4-13-3-6(19(10,17)18)8(15)12-9(13)16/h3,5H,4H2,1-2H3,(H,11,14)(H,12,15,16). The van der Waals surface area contributed by atoms with Gasteiger partial charge in [-0.1, -0.05) is 0 Å². The lowest BCUT2D eigenvalue weighted by Gasteiger charge is -2.09. The van der Waals surface area contributed by atoms with Crippen LogP contribution in [0.15, 0.2) is 20.7 Å². The second-order valence-corrected chi connectivity index (χ2v) is 6.57. The molecule has 0 aliphatic rings. The molecule has 106 valence electrons. The molecule has 1 rings (SSSR count). The van der Waals surface area contributed by atoms with Crippen LogP contribution in [0.5, 0.6) is 0 Å². The van der Waals surface area contributed by atoms with E-state index in [1.807, 2.05) is 0 Å². The Labute approximate surface area is 112 Å². The Morgan fingerprint density at radius 2 is 2.05 bits per heavy atom. The van der Waals surface area contributed by atoms with E-state index < -0.39 is 37.6 Å². The second-order valence-electron chi connectivity index (χ2n) is 4.04. The summed E-state index contributed by atoms with van der Waals surface area (Å²) in [6.07, 6.45) is 0.739. The van der Waals surface area contributed by atoms with Crippen molar-refractivity contribution in [3.8, 4) is 0 Å². The van der Waals surface area contributed by atoms with Gasteiger partial charge in [0, 0.05) is 22.9 Å². The summed E-state index contributed by atoms with van der Waals surface area (Å²) in [7, 11) is 0.751. The van der Waals surface area contributed by atoms with E-state index in [0.717, 1.165) is 10.8 Å². The SMILES string of the molecule is CC(C)NC(=O)Cn1cc(S(=O)(=O)Cl)c(=O)[nH]c1=O. The predicted molar refractivity (Wildman–Crippen MR) is 67.6 cm³/mol. The zero-order chi connectivity index (χ0) is 14.8. The van der Waals surface area contributed by atoms with Crippen LogP contribution in [0.25, 0.3) is 0 Å². The molecule has 0 bridgehead atoms. The fraction of sp³-hybridized carbons (Fsp3) is 0.444. The zero-order valence-corrected chi connectivity index (χ0v) is 11.7. The maximum atomic E-state index is 11.5. The number of carbonyl (C=O) groups is 1. The Balaban J connectivity index is 3.20. The summed E-state index contributed by atoms with van der Waals surface area (Å²) in [6, 6.07) is -0.137. The topological polar surface area (TPSA) is 118 Å². The lowest BCUT2D eigenvalue weighted by Crippen LogP contribution is -2.39. The van der Waals surface area contributed by atoms with Crippen LogP contribution in [0, 0.1) is 0 Å². The quantitative estimate of drug-likeness (QED) is 0.691. The average Bonchev–Trinajstić information content (AvgIpc) is 2.18. The van der Waals surface area contributed by atoms with Gasteiger partial charge in [-0.15, -0.1) is 0 Å². The molecule has 19 heavy (non-hydrogen) atoms. The number of H-pyrrole nitrogens is 1. The largest absolute Gasteiger partial charge is 0.352 e. The lowest BCUT2D eigenvalue weighted by atomic mass is 10.4. The maximum absolute atomic E-state index is 11.5. The van der Waals surface area contributed by atoms with Gasteiger partial charge in [-0.25, -0.2) is 13.2 Å². The molecule has 0 spiro atoms. The highest BCUT2D eigenvalue weighted by Gasteiger charge is 2.18. The van der Waals surface area contributed by atoms with Gasteiger partial charge in [0.05, 0.1) is 0 Å². The van der Waals surface area contributed by atoms with E-state index >= 15 is 0 Å². The molecule has 0 aromatic carbocycles. The monoisotopic (exact) mass is 309 g/mol. The Morgan fingerprint density at radius 1 is 1.47 bits per heavy atom. The molecule has 0 aliphatic heterocycles. The molecule has 1 amide bonds. The van der Waals surface area contributed by atoms with Crippen molar-refractivity contribution in [3.63, 3.8) is 0 Å². The van der Waals surface area contributed by atoms with Crippen LogP contribution in [0.4, 0.5) is 0 Å². The van der Waals surface area contributed by atoms with E-state index in [0.29, 0.717) is 0 Å². The molecule has 1 aromatic heterocycles. The van der Waals surface area contributed by atoms with Gasteiger partial charge < -0.3 is 5.32 Å². The summed E-state index contributed by atoms with van der Waals surface area (Å²) in [5, 5.41) is 2.52. The highest BCUT2D eigenvalue weighted by atomic mass is 35.7. The molecule has 0 radical (unpaired) electrons. The summed E-state index contributed by atoms with van der Waals surface area (Å²) >= 11 is 0. The third-order valence-corrected chi connectivity index (χ3v) is 3.32. The van der Waals surface area contributed by atoms with Crippen LogP contribution in [0.3, 0.4) is 0 Å². The molecule has 0 fully saturated rings. The lowest BCUT2D eigenvalue weighted by molar-refractivity contribution is -0.122. The van der Waals surface area contributed by atoms with Gasteiger partial charge in [-0.2, -0.15) is 0 Å². The summed E-state index contributed by atoms with van der Waals surface area (Å²) in [6.45, 7) is 3.03. The van der Waals surface area contributed by atoms with Gasteiger partial charge in [0.2, 0.25) is 5.91 Å². The number of nitrogens with zero attached hydrogens (tertiary/aromatic N) is 1. The van der Waals surface area contributed by atoms with Crippen molar-refractivity contribution >= 4 is 25.6 Å². The second kappa shape index (κ2) is 5.57. The summed E-state index contributed by atoms with van der Waals surface area (Å²) in [5.41, 5.74) is -2.02. The highest BCUT2D eigenvalue weighted by molar-refractivity contribution is 8.13. The molecule has 10 heteroatoms. The molecule has 0 saturated heterocycles. The highest BCUT2D eigenvalue weighted by Crippen LogP contribution is 2.07. The number of rotatable bonds is 4. The first-order valence-corrected chi connectivity index (χ1v) is 7.50. The van der Waals surface area contributed by atoms with Crippen LogP contribution in [-0.4, -0.2) is 29.9 Å². The molecule has 0 unspecified atom stereocenters. The minimum absolute atomic E-state index is 0.137. The van der Waals surface area contributed by atoms with Crippen LogP contribution in [0.2, 0.25) is 0 Å². The number of nitrogens with one attached hydrogen (secondary N) is 2. The van der Waals surface area contributed by atoms with Crippen molar-refractivity contribution in [1.29, 1.82) is 0 Å². The van der Waals surface area contributed by atoms with E-state index in [1.165, 1.54) is 0 Å². The maximum Gasteiger partial charge on any atom is 0.328 e. The first-order chi connectivity index (χ1) is 8.61. The van der Waals surface area contributed by atoms with Crippen molar-refractivity contribution in [3.05, 3.63) is 27.0 Å². The minimum atomic E-state index is -4.29. The number of aromatic nitrogens is 2. The number of aromatic amines is 1. The van der Waals surface area contributed by atoms with Gasteiger partial charge in [-0.05, 0) is 13.8 Å². The molecule has 0 atom stereocenters. The first-order valence-electron chi connectivity index (χ1n) is 5.19. The molecular weight excluding hydrogens is 298 g/mol. The number of halogens is 1. The van der Waals surface area contributed by atoms with Crippen molar-refractivity contribution in [2.24, 2.45) is 0 Å². The Bertz CT molecular complexity index is 703. The van der Waals surface area contributed by atoms with E-state index in [2.05, 4.69) is 5.32 Å². The Morgan fingerprint density at radius 3 is 2.53 bits per heavy atom. The van der Waals surface area contributed by atoms with Gasteiger partial charge in [0.1, 0.15) is 6.54 Å². The van der Waals surface area contributed by atoms with Gasteiger partial charge in [-0.3, -0.25) is 19.1 Å². The van der Waals surface area contributed by atoms with Crippen LogP contribution < -0.4 is 16.6 Å². The molecule has 2 N–H and O–H groups in total. The molecule has 1 heterocycles. The minimum Gasteiger partial charge on any atom is -0.352 e. The fourth-order valence-corrected chi connectivity index (χ4v) is 2.16. The van der Waals surface area contributed by atoms with E-state index in [1.54, 1.807) is 18.8 Å². The van der Waals surface area contributed by atoms with E-state index in [-0.39, 0.29) is 6.04 Å². The summed E-state index contributed by atoms with van der Waals surface area (Å²) in [4.78, 5) is 35.2. The number of amides is 1. The van der Waals surface area contributed by atoms with E-state index in [4.69, 9.17) is 10.7 Å². The molecule has 8 nitrogen and oxygen atoms in total. The smallest absolute Gasteiger partial charge is 0.328 e. The zero-order valence-electron chi connectivity index (χ0n) is 10.1. The molecule has 0 aliphatic carbocycles. The van der Waals surface area contributed by atoms with Crippen molar-refractivity contribution in [2.75, 3.05) is 0 Å². The molecular formula is C9H12ClN3O5S. The van der Waals surface area contributed by atoms with Crippen LogP contribution in [-0.2, 0) is 20.4 Å². The van der Waals surface area contributed by atoms with Crippen molar-refractivity contribution < 1.29 is 13.2 Å². The third kappa shape index (κ3) is 4.21. The van der Waals surface area contributed by atoms with Crippen molar-refractivity contribution in [2.45, 2.75) is 31.3 Å². The Kier molecular flexibility index (Phi) is 4.53. The summed E-state index contributed by atoms with van der Waals surface area (Å²) in [5.74, 6) is -0.498. The van der Waals surface area contributed by atoms with Gasteiger partial charge in [0.15, 0.2) is 4.90 Å². The first kappa shape index (κ1) is 15.4. The third-order valence-electron chi connectivity index (χ3n) is 2.00. The number of hydrogen-bond acceptors (Lipinski definition) is 5. The Hall–Kier alpha value is -1.61. The molecule has 0 saturated carbocycles. The summed E-state index contributed by atoms with van der Waals surface area (Å²) < 4.78 is 23.0. The van der Waals surface area contributed by atoms with Gasteiger partial charge >= 0.3 is 5.69 Å². The van der Waals surface area contributed by atoms with Crippen LogP contribution >= 0.6 is 10.7 Å². The van der Waals surface area contributed by atoms with Gasteiger partial charge in [0.25, 0.3) is 14.6 Å². The van der Waals surface area contributed by atoms with Crippen LogP contribution in [0.1, 0.15) is 13.8 Å². The average molecular weight is 310 g/mol.